The number of hydrogen-bond acceptors (Lipinski definition) is 4. The predicted octanol–water partition coefficient (Wildman–Crippen LogP) is 18.2. The molecule has 0 fully saturated rings. The Bertz CT molecular complexity index is 2420. The molecule has 0 saturated heterocycles. The molecule has 2 N–H and O–H groups in total. The summed E-state index contributed by atoms with van der Waals surface area (Å²) in [5, 5.41) is 24.6. The smallest absolute Gasteiger partial charge is 0.131 e. The number of ether oxygens (including phenoxy) is 2. The standard InChI is InChI=1S/C65H84O4/c1-13-17-22-46-36-47(23-18-14-2)39-50(38-46)54-32-44(5)34-58(62(54)66)56-42-52(64(7,8)9)26-28-60(56)68-30-21-31-69-61-29-27-53(65(10,11)12)43-57(61)59-35-45(6)33-55(63(59)67)51-40-48(24-19-15-3)37-49(41-51)25-20-16-4/h26-29,32-43,66-67H,13-25,30-31H2,1-12H3. The molecule has 0 heterocycles. The maximum Gasteiger partial charge on any atom is 0.131 e. The highest BCUT2D eigenvalue weighted by Gasteiger charge is 2.23. The molecule has 368 valence electrons. The third-order valence-corrected chi connectivity index (χ3v) is 13.6. The molecule has 0 aliphatic rings. The summed E-state index contributed by atoms with van der Waals surface area (Å²) in [6, 6.07) is 35.2. The molecule has 0 aliphatic heterocycles. The summed E-state index contributed by atoms with van der Waals surface area (Å²) in [6.07, 6.45) is 13.9. The Hall–Kier alpha value is -5.48. The normalized spacial score (nSPS) is 11.9. The van der Waals surface area contributed by atoms with Gasteiger partial charge < -0.3 is 19.7 Å². The second-order valence-electron chi connectivity index (χ2n) is 21.9. The Morgan fingerprint density at radius 2 is 0.696 bits per heavy atom. The number of aryl methyl sites for hydroxylation is 6. The minimum absolute atomic E-state index is 0.103. The molecule has 0 bridgehead atoms. The largest absolute Gasteiger partial charge is 0.507 e. The monoisotopic (exact) mass is 929 g/mol. The van der Waals surface area contributed by atoms with Gasteiger partial charge in [-0.3, -0.25) is 0 Å². The van der Waals surface area contributed by atoms with E-state index in [1.54, 1.807) is 0 Å². The summed E-state index contributed by atoms with van der Waals surface area (Å²) < 4.78 is 13.4. The Kier molecular flexibility index (Phi) is 18.3. The quantitative estimate of drug-likeness (QED) is 0.0666. The molecular formula is C65H84O4. The highest BCUT2D eigenvalue weighted by molar-refractivity contribution is 5.87. The van der Waals surface area contributed by atoms with Gasteiger partial charge in [-0.1, -0.05) is 143 Å². The summed E-state index contributed by atoms with van der Waals surface area (Å²) >= 11 is 0. The van der Waals surface area contributed by atoms with Crippen molar-refractivity contribution in [1.82, 2.24) is 0 Å². The first-order valence-corrected chi connectivity index (χ1v) is 26.4. The van der Waals surface area contributed by atoms with Crippen LogP contribution in [0.1, 0.15) is 172 Å². The van der Waals surface area contributed by atoms with Crippen LogP contribution in [0.5, 0.6) is 23.0 Å². The van der Waals surface area contributed by atoms with Gasteiger partial charge in [0.25, 0.3) is 0 Å². The molecule has 0 unspecified atom stereocenters. The molecule has 4 heteroatoms. The number of phenolic OH excluding ortho intramolecular Hbond substituents is 2. The van der Waals surface area contributed by atoms with E-state index in [0.717, 1.165) is 144 Å². The van der Waals surface area contributed by atoms with Crippen molar-refractivity contribution in [3.63, 3.8) is 0 Å². The molecule has 6 rings (SSSR count). The van der Waals surface area contributed by atoms with Crippen molar-refractivity contribution in [3.8, 4) is 67.5 Å². The van der Waals surface area contributed by atoms with Gasteiger partial charge in [0.15, 0.2) is 0 Å². The van der Waals surface area contributed by atoms with E-state index in [-0.39, 0.29) is 22.3 Å². The summed E-state index contributed by atoms with van der Waals surface area (Å²) in [5.41, 5.74) is 16.9. The summed E-state index contributed by atoms with van der Waals surface area (Å²) in [6.45, 7) is 27.4. The number of unbranched alkanes of at least 4 members (excludes halogenated alkanes) is 4. The van der Waals surface area contributed by atoms with Crippen LogP contribution in [-0.2, 0) is 36.5 Å². The second-order valence-corrected chi connectivity index (χ2v) is 21.9. The molecular weight excluding hydrogens is 845 g/mol. The molecule has 0 radical (unpaired) electrons. The van der Waals surface area contributed by atoms with Gasteiger partial charge in [-0.2, -0.15) is 0 Å². The zero-order chi connectivity index (χ0) is 49.9. The zero-order valence-electron chi connectivity index (χ0n) is 44.6. The number of rotatable bonds is 22. The highest BCUT2D eigenvalue weighted by Crippen LogP contribution is 2.46. The third kappa shape index (κ3) is 13.9. The topological polar surface area (TPSA) is 58.9 Å². The minimum Gasteiger partial charge on any atom is -0.507 e. The summed E-state index contributed by atoms with van der Waals surface area (Å²) in [7, 11) is 0. The lowest BCUT2D eigenvalue weighted by Crippen LogP contribution is -2.12. The van der Waals surface area contributed by atoms with Crippen molar-refractivity contribution >= 4 is 0 Å². The SMILES string of the molecule is CCCCc1cc(CCCC)cc(-c2cc(C)cc(-c3cc(C(C)(C)C)ccc3OCCCOc3ccc(C(C)(C)C)cc3-c3cc(C)cc(-c4cc(CCCC)cc(CCCC)c4)c3O)c2O)c1. The van der Waals surface area contributed by atoms with Gasteiger partial charge in [-0.25, -0.2) is 0 Å². The molecule has 0 spiro atoms. The molecule has 4 nitrogen and oxygen atoms in total. The predicted molar refractivity (Wildman–Crippen MR) is 295 cm³/mol. The van der Waals surface area contributed by atoms with Gasteiger partial charge >= 0.3 is 0 Å². The van der Waals surface area contributed by atoms with Crippen LogP contribution in [0, 0.1) is 13.8 Å². The van der Waals surface area contributed by atoms with Crippen LogP contribution in [-0.4, -0.2) is 23.4 Å². The van der Waals surface area contributed by atoms with Crippen molar-refractivity contribution in [2.75, 3.05) is 13.2 Å². The number of hydrogen-bond donors (Lipinski definition) is 2. The average Bonchev–Trinajstić information content (AvgIpc) is 3.31. The molecule has 0 atom stereocenters. The lowest BCUT2D eigenvalue weighted by molar-refractivity contribution is 0.248. The molecule has 6 aromatic rings. The zero-order valence-corrected chi connectivity index (χ0v) is 44.6. The van der Waals surface area contributed by atoms with Crippen molar-refractivity contribution in [1.29, 1.82) is 0 Å². The van der Waals surface area contributed by atoms with Gasteiger partial charge in [0, 0.05) is 39.8 Å². The van der Waals surface area contributed by atoms with Crippen LogP contribution in [0.2, 0.25) is 0 Å². The Balaban J connectivity index is 1.30. The fourth-order valence-corrected chi connectivity index (χ4v) is 9.43. The first-order chi connectivity index (χ1) is 32.9. The molecule has 0 aromatic heterocycles. The van der Waals surface area contributed by atoms with Crippen LogP contribution in [0.3, 0.4) is 0 Å². The number of aromatic hydroxyl groups is 2. The Labute approximate surface area is 417 Å². The van der Waals surface area contributed by atoms with E-state index in [2.05, 4.69) is 180 Å². The first kappa shape index (κ1) is 52.9. The van der Waals surface area contributed by atoms with Crippen molar-refractivity contribution in [2.24, 2.45) is 0 Å². The fourth-order valence-electron chi connectivity index (χ4n) is 9.43. The van der Waals surface area contributed by atoms with Crippen molar-refractivity contribution in [2.45, 2.75) is 177 Å². The van der Waals surface area contributed by atoms with E-state index in [0.29, 0.717) is 19.6 Å². The average molecular weight is 929 g/mol. The van der Waals surface area contributed by atoms with Crippen LogP contribution in [0.25, 0.3) is 44.5 Å². The third-order valence-electron chi connectivity index (χ3n) is 13.6. The Morgan fingerprint density at radius 3 is 1.00 bits per heavy atom. The van der Waals surface area contributed by atoms with Crippen LogP contribution < -0.4 is 9.47 Å². The molecule has 0 amide bonds. The molecule has 69 heavy (non-hydrogen) atoms. The van der Waals surface area contributed by atoms with Crippen molar-refractivity contribution in [3.05, 3.63) is 142 Å². The van der Waals surface area contributed by atoms with E-state index in [1.165, 1.54) is 33.4 Å². The summed E-state index contributed by atoms with van der Waals surface area (Å²) in [4.78, 5) is 0. The van der Waals surface area contributed by atoms with Gasteiger partial charge in [-0.15, -0.1) is 0 Å². The van der Waals surface area contributed by atoms with Crippen molar-refractivity contribution < 1.29 is 19.7 Å². The minimum atomic E-state index is -0.103. The van der Waals surface area contributed by atoms with E-state index < -0.39 is 0 Å². The molecule has 6 aromatic carbocycles. The maximum atomic E-state index is 12.3. The molecule has 0 aliphatic carbocycles. The summed E-state index contributed by atoms with van der Waals surface area (Å²) in [5.74, 6) is 2.03. The molecule has 0 saturated carbocycles. The van der Waals surface area contributed by atoms with Gasteiger partial charge in [0.1, 0.15) is 23.0 Å². The van der Waals surface area contributed by atoms with Crippen LogP contribution >= 0.6 is 0 Å². The second kappa shape index (κ2) is 23.9. The lowest BCUT2D eigenvalue weighted by Gasteiger charge is -2.23. The van der Waals surface area contributed by atoms with Gasteiger partial charge in [0.05, 0.1) is 13.2 Å². The lowest BCUT2D eigenvalue weighted by atomic mass is 9.84. The van der Waals surface area contributed by atoms with Gasteiger partial charge in [0.2, 0.25) is 0 Å². The fraction of sp³-hybridized carbons (Fsp3) is 0.446. The van der Waals surface area contributed by atoms with Crippen LogP contribution in [0.15, 0.2) is 97.1 Å². The first-order valence-electron chi connectivity index (χ1n) is 26.4. The van der Waals surface area contributed by atoms with E-state index in [1.807, 2.05) is 0 Å². The van der Waals surface area contributed by atoms with E-state index >= 15 is 0 Å². The Morgan fingerprint density at radius 1 is 0.377 bits per heavy atom. The van der Waals surface area contributed by atoms with Gasteiger partial charge in [-0.05, 0) is 180 Å². The maximum absolute atomic E-state index is 12.3. The highest BCUT2D eigenvalue weighted by atomic mass is 16.5. The van der Waals surface area contributed by atoms with Crippen LogP contribution in [0.4, 0.5) is 0 Å². The van der Waals surface area contributed by atoms with E-state index in [9.17, 15) is 10.2 Å². The number of phenols is 2. The van der Waals surface area contributed by atoms with E-state index in [4.69, 9.17) is 9.47 Å². The number of benzene rings is 6.